The predicted octanol–water partition coefficient (Wildman–Crippen LogP) is 0.0899. The number of nitrogens with zero attached hydrogens (tertiary/aromatic N) is 4. The molecule has 4 heterocycles. The molecule has 6 saturated carbocycles. The van der Waals surface area contributed by atoms with Crippen LogP contribution in [0.5, 0.6) is 0 Å². The van der Waals surface area contributed by atoms with Gasteiger partial charge in [-0.1, -0.05) is 6.07 Å². The van der Waals surface area contributed by atoms with Gasteiger partial charge in [-0.3, -0.25) is 24.4 Å². The number of oxazole rings is 1. The number of aromatic amines is 1. The van der Waals surface area contributed by atoms with Crippen molar-refractivity contribution in [2.45, 2.75) is 6.54 Å². The first kappa shape index (κ1) is 21.9. The first-order chi connectivity index (χ1) is 19.9. The van der Waals surface area contributed by atoms with E-state index < -0.39 is 11.7 Å². The van der Waals surface area contributed by atoms with E-state index in [0.717, 1.165) is 11.4 Å². The zero-order valence-corrected chi connectivity index (χ0v) is 21.4. The number of H-pyrrole nitrogens is 1. The minimum Gasteiger partial charge on any atom is -0.408 e. The Labute approximate surface area is 229 Å². The molecule has 0 saturated heterocycles. The Bertz CT molecular complexity index is 1960. The van der Waals surface area contributed by atoms with Crippen LogP contribution in [0.1, 0.15) is 26.5 Å². The summed E-state index contributed by atoms with van der Waals surface area (Å²) in [5.41, 5.74) is 2.82. The third-order valence-corrected chi connectivity index (χ3v) is 11.2. The fourth-order valence-electron chi connectivity index (χ4n) is 10.1. The molecule has 4 aromatic rings. The summed E-state index contributed by atoms with van der Waals surface area (Å²) < 4.78 is 6.47. The Kier molecular flexibility index (Phi) is 3.60. The highest BCUT2D eigenvalue weighted by atomic mass is 16.4. The Morgan fingerprint density at radius 1 is 1.02 bits per heavy atom. The van der Waals surface area contributed by atoms with Gasteiger partial charge >= 0.3 is 5.76 Å². The average molecular weight is 551 g/mol. The molecule has 4 N–H and O–H groups in total. The predicted molar refractivity (Wildman–Crippen MR) is 140 cm³/mol. The van der Waals surface area contributed by atoms with Crippen molar-refractivity contribution in [2.75, 3.05) is 13.1 Å². The summed E-state index contributed by atoms with van der Waals surface area (Å²) in [6.45, 7) is 1.06. The van der Waals surface area contributed by atoms with Crippen LogP contribution in [0.4, 0.5) is 0 Å². The van der Waals surface area contributed by atoms with Crippen LogP contribution >= 0.6 is 0 Å². The molecule has 3 amide bonds. The summed E-state index contributed by atoms with van der Waals surface area (Å²) in [6, 6.07) is 8.28. The molecule has 1 aliphatic heterocycles. The van der Waals surface area contributed by atoms with E-state index in [1.807, 2.05) is 0 Å². The van der Waals surface area contributed by atoms with Gasteiger partial charge in [0.05, 0.1) is 11.7 Å². The number of carbonyl (C=O) groups excluding carboxylic acids is 3. The third kappa shape index (κ3) is 2.22. The lowest BCUT2D eigenvalue weighted by Crippen LogP contribution is -3.12. The molecule has 0 unspecified atom stereocenters. The van der Waals surface area contributed by atoms with Crippen LogP contribution in [0.15, 0.2) is 50.7 Å². The second-order valence-corrected chi connectivity index (χ2v) is 12.3. The second kappa shape index (κ2) is 6.73. The molecular weight excluding hydrogens is 528 g/mol. The number of carbonyl (C=O) groups is 3. The number of amides is 3. The molecule has 0 atom stereocenters. The number of aromatic nitrogens is 4. The lowest BCUT2D eigenvalue weighted by Gasteiger charge is -3.11. The molecule has 13 heteroatoms. The SMILES string of the molecule is O=C1CN=C(C23C4C5C2C2C3C4C52CNC(=O)c2cc(C(=O)NCc3ccc4oc(=O)[nH]c4c3)nc3ccnn23)N1. The average Bonchev–Trinajstić information content (AvgIpc) is 3.72. The van der Waals surface area contributed by atoms with E-state index in [-0.39, 0.29) is 47.1 Å². The van der Waals surface area contributed by atoms with Crippen molar-refractivity contribution in [3.63, 3.8) is 0 Å². The quantitative estimate of drug-likeness (QED) is 0.252. The van der Waals surface area contributed by atoms with Gasteiger partial charge in [-0.2, -0.15) is 5.10 Å². The van der Waals surface area contributed by atoms with Crippen molar-refractivity contribution >= 4 is 40.3 Å². The first-order valence-corrected chi connectivity index (χ1v) is 13.8. The minimum absolute atomic E-state index is 0.000640. The van der Waals surface area contributed by atoms with Gasteiger partial charge in [-0.05, 0) is 58.6 Å². The summed E-state index contributed by atoms with van der Waals surface area (Å²) >= 11 is 0. The van der Waals surface area contributed by atoms with Crippen LogP contribution in [-0.2, 0) is 11.3 Å². The Balaban J connectivity index is 0.848. The highest BCUT2D eigenvalue weighted by Crippen LogP contribution is 3.10. The van der Waals surface area contributed by atoms with Gasteiger partial charge in [-0.15, -0.1) is 0 Å². The second-order valence-electron chi connectivity index (χ2n) is 12.3. The molecule has 11 rings (SSSR count). The van der Waals surface area contributed by atoms with Crippen LogP contribution < -0.4 is 21.7 Å². The molecule has 204 valence electrons. The largest absolute Gasteiger partial charge is 0.417 e. The Hall–Kier alpha value is -4.81. The maximum absolute atomic E-state index is 13.4. The van der Waals surface area contributed by atoms with Crippen molar-refractivity contribution in [1.29, 1.82) is 0 Å². The summed E-state index contributed by atoms with van der Waals surface area (Å²) in [4.78, 5) is 61.1. The monoisotopic (exact) mass is 550 g/mol. The van der Waals surface area contributed by atoms with Crippen molar-refractivity contribution in [3.8, 4) is 0 Å². The molecule has 0 bridgehead atoms. The molecule has 41 heavy (non-hydrogen) atoms. The highest BCUT2D eigenvalue weighted by Gasteiger charge is 3.10. The van der Waals surface area contributed by atoms with Gasteiger partial charge in [0.2, 0.25) is 5.91 Å². The standard InChI is InChI=1S/C28H22N8O5/c37-16-8-30-25(35-16)28-20-17-21(28)19-22(28)18(20)27(17,19)9-31-24(39)13-6-12(33-15-3-4-32-36(13)15)23(38)29-7-10-1-2-14-11(5-10)34-26(40)41-14/h1-6,17-22H,7-9H2,(H,29,38)(H,31,39)(H,34,40)(H,30,35,37). The number of fused-ring (bicyclic) bond motifs is 2. The van der Waals surface area contributed by atoms with Crippen molar-refractivity contribution in [2.24, 2.45) is 51.3 Å². The fourth-order valence-corrected chi connectivity index (χ4v) is 10.1. The molecule has 0 radical (unpaired) electrons. The van der Waals surface area contributed by atoms with E-state index in [1.54, 1.807) is 30.5 Å². The molecule has 6 aliphatic carbocycles. The molecule has 1 aromatic carbocycles. The molecule has 0 spiro atoms. The number of hydrogen-bond donors (Lipinski definition) is 4. The highest BCUT2D eigenvalue weighted by molar-refractivity contribution is 6.10. The number of rotatable bonds is 7. The number of amidine groups is 1. The zero-order chi connectivity index (χ0) is 27.4. The molecule has 3 aromatic heterocycles. The maximum atomic E-state index is 13.4. The fraction of sp³-hybridized carbons (Fsp3) is 0.393. The number of nitrogens with one attached hydrogen (secondary N) is 4. The van der Waals surface area contributed by atoms with Crippen LogP contribution in [0.2, 0.25) is 0 Å². The van der Waals surface area contributed by atoms with Gasteiger partial charge in [0.25, 0.3) is 11.8 Å². The van der Waals surface area contributed by atoms with E-state index in [9.17, 15) is 19.2 Å². The Morgan fingerprint density at radius 2 is 1.83 bits per heavy atom. The van der Waals surface area contributed by atoms with Gasteiger partial charge in [0.15, 0.2) is 11.2 Å². The zero-order valence-electron chi connectivity index (χ0n) is 21.4. The molecule has 6 fully saturated rings. The van der Waals surface area contributed by atoms with Crippen molar-refractivity contribution < 1.29 is 18.8 Å². The minimum atomic E-state index is -0.539. The summed E-state index contributed by atoms with van der Waals surface area (Å²) in [5.74, 6) is 3.27. The number of benzene rings is 1. The van der Waals surface area contributed by atoms with Crippen LogP contribution in [0, 0.1) is 46.3 Å². The normalized spacial score (nSPS) is 35.8. The van der Waals surface area contributed by atoms with Crippen LogP contribution in [0.3, 0.4) is 0 Å². The van der Waals surface area contributed by atoms with Crippen molar-refractivity contribution in [3.05, 3.63) is 64.0 Å². The van der Waals surface area contributed by atoms with E-state index in [4.69, 9.17) is 4.42 Å². The van der Waals surface area contributed by atoms with Gasteiger partial charge in [0, 0.05) is 30.6 Å². The summed E-state index contributed by atoms with van der Waals surface area (Å²) in [6.07, 6.45) is 1.55. The number of aliphatic imine (C=N–C) groups is 1. The molecular formula is C28H22N8O5. The molecule has 13 nitrogen and oxygen atoms in total. The topological polar surface area (TPSA) is 176 Å². The maximum Gasteiger partial charge on any atom is 0.417 e. The van der Waals surface area contributed by atoms with E-state index in [2.05, 4.69) is 36.0 Å². The van der Waals surface area contributed by atoms with E-state index in [1.165, 1.54) is 10.6 Å². The van der Waals surface area contributed by atoms with Gasteiger partial charge in [-0.25, -0.2) is 14.3 Å². The first-order valence-electron chi connectivity index (χ1n) is 13.8. The Morgan fingerprint density at radius 3 is 2.59 bits per heavy atom. The van der Waals surface area contributed by atoms with Crippen LogP contribution in [-0.4, -0.2) is 56.2 Å². The smallest absolute Gasteiger partial charge is 0.408 e. The van der Waals surface area contributed by atoms with Gasteiger partial charge < -0.3 is 20.4 Å². The van der Waals surface area contributed by atoms with Gasteiger partial charge in [0.1, 0.15) is 23.8 Å². The third-order valence-electron chi connectivity index (χ3n) is 11.2. The van der Waals surface area contributed by atoms with Crippen molar-refractivity contribution in [1.82, 2.24) is 35.5 Å². The lowest BCUT2D eigenvalue weighted by molar-refractivity contribution is -0.635. The van der Waals surface area contributed by atoms with Crippen LogP contribution in [0.25, 0.3) is 16.7 Å². The lowest BCUT2D eigenvalue weighted by atomic mass is 8.92. The van der Waals surface area contributed by atoms with E-state index in [0.29, 0.717) is 58.8 Å². The number of hydrogen-bond acceptors (Lipinski definition) is 8. The summed E-state index contributed by atoms with van der Waals surface area (Å²) in [7, 11) is 0. The van der Waals surface area contributed by atoms with E-state index >= 15 is 0 Å². The molecule has 7 aliphatic rings. The summed E-state index contributed by atoms with van der Waals surface area (Å²) in [5, 5.41) is 13.2.